The van der Waals surface area contributed by atoms with E-state index in [1.807, 2.05) is 18.2 Å². The largest absolute Gasteiger partial charge is 0.439 e. The average Bonchev–Trinajstić information content (AvgIpc) is 3.00. The summed E-state index contributed by atoms with van der Waals surface area (Å²) in [6, 6.07) is 9.86. The van der Waals surface area contributed by atoms with Crippen molar-refractivity contribution in [3.8, 4) is 0 Å². The average molecular weight is 361 g/mol. The van der Waals surface area contributed by atoms with Crippen molar-refractivity contribution in [1.29, 1.82) is 0 Å². The Labute approximate surface area is 145 Å². The van der Waals surface area contributed by atoms with Gasteiger partial charge in [0.25, 0.3) is 5.56 Å². The highest BCUT2D eigenvalue weighted by Crippen LogP contribution is 2.17. The van der Waals surface area contributed by atoms with Crippen LogP contribution in [0.1, 0.15) is 19.7 Å². The fourth-order valence-electron chi connectivity index (χ4n) is 2.63. The Morgan fingerprint density at radius 3 is 2.52 bits per heavy atom. The molecule has 1 aromatic carbocycles. The van der Waals surface area contributed by atoms with Crippen molar-refractivity contribution < 1.29 is 12.8 Å². The van der Waals surface area contributed by atoms with Crippen LogP contribution in [-0.2, 0) is 16.6 Å². The second-order valence-corrected chi connectivity index (χ2v) is 7.43. The van der Waals surface area contributed by atoms with Crippen LogP contribution in [0.2, 0.25) is 0 Å². The highest BCUT2D eigenvalue weighted by atomic mass is 32.2. The lowest BCUT2D eigenvalue weighted by Crippen LogP contribution is -2.32. The number of benzene rings is 1. The molecule has 0 unspecified atom stereocenters. The fraction of sp³-hybridized carbons (Fsp3) is 0.294. The van der Waals surface area contributed by atoms with Crippen molar-refractivity contribution in [1.82, 2.24) is 13.9 Å². The van der Waals surface area contributed by atoms with Gasteiger partial charge in [-0.2, -0.15) is 4.31 Å². The number of fused-ring (bicyclic) bond motifs is 1. The smallest absolute Gasteiger partial charge is 0.251 e. The van der Waals surface area contributed by atoms with E-state index in [2.05, 4.69) is 4.98 Å². The van der Waals surface area contributed by atoms with Gasteiger partial charge in [-0.05, 0) is 18.2 Å². The molecule has 0 fully saturated rings. The summed E-state index contributed by atoms with van der Waals surface area (Å²) < 4.78 is 33.5. The minimum atomic E-state index is -3.63. The zero-order valence-electron chi connectivity index (χ0n) is 14.0. The van der Waals surface area contributed by atoms with Gasteiger partial charge in [-0.25, -0.2) is 13.4 Å². The fourth-order valence-corrected chi connectivity index (χ4v) is 4.11. The first-order valence-corrected chi connectivity index (χ1v) is 9.44. The number of para-hydroxylation sites is 2. The molecule has 0 spiro atoms. The number of hydrogen-bond donors (Lipinski definition) is 0. The maximum atomic E-state index is 12.6. The van der Waals surface area contributed by atoms with Gasteiger partial charge < -0.3 is 8.98 Å². The number of aromatic nitrogens is 2. The number of hydrogen-bond acceptors (Lipinski definition) is 5. The summed E-state index contributed by atoms with van der Waals surface area (Å²) in [5, 5.41) is 0. The molecule has 2 heterocycles. The van der Waals surface area contributed by atoms with E-state index in [1.165, 1.54) is 27.2 Å². The molecule has 7 nitrogen and oxygen atoms in total. The van der Waals surface area contributed by atoms with Gasteiger partial charge in [0.15, 0.2) is 5.58 Å². The van der Waals surface area contributed by atoms with E-state index in [4.69, 9.17) is 4.42 Å². The minimum Gasteiger partial charge on any atom is -0.439 e. The molecule has 0 aliphatic rings. The summed E-state index contributed by atoms with van der Waals surface area (Å²) in [5.74, 6) is 0.348. The van der Waals surface area contributed by atoms with Crippen LogP contribution in [0.4, 0.5) is 0 Å². The minimum absolute atomic E-state index is 0.0646. The third-order valence-corrected chi connectivity index (χ3v) is 5.98. The molecule has 2 aromatic heterocycles. The third-order valence-electron chi connectivity index (χ3n) is 3.94. The summed E-state index contributed by atoms with van der Waals surface area (Å²) in [7, 11) is -3.63. The molecular weight excluding hydrogens is 342 g/mol. The van der Waals surface area contributed by atoms with E-state index in [1.54, 1.807) is 19.9 Å². The first-order chi connectivity index (χ1) is 12.0. The molecule has 0 aliphatic heterocycles. The predicted octanol–water partition coefficient (Wildman–Crippen LogP) is 2.07. The predicted molar refractivity (Wildman–Crippen MR) is 93.9 cm³/mol. The van der Waals surface area contributed by atoms with Crippen molar-refractivity contribution in [2.24, 2.45) is 0 Å². The van der Waals surface area contributed by atoms with E-state index >= 15 is 0 Å². The Kier molecular flexibility index (Phi) is 4.73. The van der Waals surface area contributed by atoms with Gasteiger partial charge in [-0.15, -0.1) is 0 Å². The SMILES string of the molecule is CCN(CC)S(=O)(=O)c1ccc(=O)n(Cc2nc3ccccc3o2)c1. The van der Waals surface area contributed by atoms with Crippen LogP contribution >= 0.6 is 0 Å². The van der Waals surface area contributed by atoms with Gasteiger partial charge in [0.1, 0.15) is 12.1 Å². The molecule has 3 aromatic rings. The molecule has 132 valence electrons. The maximum absolute atomic E-state index is 12.6. The lowest BCUT2D eigenvalue weighted by molar-refractivity contribution is 0.443. The lowest BCUT2D eigenvalue weighted by Gasteiger charge is -2.18. The monoisotopic (exact) mass is 361 g/mol. The third kappa shape index (κ3) is 3.35. The summed E-state index contributed by atoms with van der Waals surface area (Å²) >= 11 is 0. The van der Waals surface area contributed by atoms with Crippen molar-refractivity contribution >= 4 is 21.1 Å². The number of rotatable bonds is 6. The molecule has 0 atom stereocenters. The molecule has 0 bridgehead atoms. The Bertz CT molecular complexity index is 1020. The Hall–Kier alpha value is -2.45. The van der Waals surface area contributed by atoms with Gasteiger partial charge in [-0.1, -0.05) is 26.0 Å². The van der Waals surface area contributed by atoms with Crippen LogP contribution in [0.25, 0.3) is 11.1 Å². The van der Waals surface area contributed by atoms with Crippen molar-refractivity contribution in [3.63, 3.8) is 0 Å². The number of oxazole rings is 1. The van der Waals surface area contributed by atoms with Crippen LogP contribution in [0.3, 0.4) is 0 Å². The topological polar surface area (TPSA) is 85.4 Å². The van der Waals surface area contributed by atoms with Gasteiger partial charge in [0, 0.05) is 25.4 Å². The maximum Gasteiger partial charge on any atom is 0.251 e. The van der Waals surface area contributed by atoms with Crippen LogP contribution < -0.4 is 5.56 Å². The van der Waals surface area contributed by atoms with Crippen LogP contribution in [-0.4, -0.2) is 35.4 Å². The lowest BCUT2D eigenvalue weighted by atomic mass is 10.3. The van der Waals surface area contributed by atoms with Gasteiger partial charge in [-0.3, -0.25) is 4.79 Å². The molecule has 3 rings (SSSR count). The number of nitrogens with zero attached hydrogens (tertiary/aromatic N) is 3. The van der Waals surface area contributed by atoms with Crippen LogP contribution in [0.15, 0.2) is 56.7 Å². The summed E-state index contributed by atoms with van der Waals surface area (Å²) in [4.78, 5) is 16.5. The van der Waals surface area contributed by atoms with E-state index in [-0.39, 0.29) is 17.0 Å². The quantitative estimate of drug-likeness (QED) is 0.671. The molecule has 0 aliphatic carbocycles. The van der Waals surface area contributed by atoms with E-state index in [9.17, 15) is 13.2 Å². The number of sulfonamides is 1. The molecule has 25 heavy (non-hydrogen) atoms. The molecule has 0 N–H and O–H groups in total. The Morgan fingerprint density at radius 1 is 1.12 bits per heavy atom. The summed E-state index contributed by atoms with van der Waals surface area (Å²) in [6.45, 7) is 4.34. The number of pyridine rings is 1. The molecule has 8 heteroatoms. The molecular formula is C17H19N3O4S. The van der Waals surface area contributed by atoms with Crippen molar-refractivity contribution in [2.45, 2.75) is 25.3 Å². The molecule has 0 radical (unpaired) electrons. The normalized spacial score (nSPS) is 12.1. The van der Waals surface area contributed by atoms with Gasteiger partial charge in [0.05, 0.1) is 4.90 Å². The van der Waals surface area contributed by atoms with Gasteiger partial charge in [0.2, 0.25) is 15.9 Å². The van der Waals surface area contributed by atoms with E-state index in [0.29, 0.717) is 30.1 Å². The standard InChI is InChI=1S/C17H19N3O4S/c1-3-20(4-2)25(22,23)13-9-10-17(21)19(11-13)12-16-18-14-7-5-6-8-15(14)24-16/h5-11H,3-4,12H2,1-2H3. The summed E-state index contributed by atoms with van der Waals surface area (Å²) in [5.41, 5.74) is 0.996. The zero-order chi connectivity index (χ0) is 18.0. The zero-order valence-corrected chi connectivity index (χ0v) is 14.9. The van der Waals surface area contributed by atoms with Crippen LogP contribution in [0.5, 0.6) is 0 Å². The molecule has 0 saturated heterocycles. The first kappa shape index (κ1) is 17.4. The second kappa shape index (κ2) is 6.81. The van der Waals surface area contributed by atoms with E-state index in [0.717, 1.165) is 0 Å². The molecule has 0 amide bonds. The highest BCUT2D eigenvalue weighted by molar-refractivity contribution is 7.89. The highest BCUT2D eigenvalue weighted by Gasteiger charge is 2.22. The Balaban J connectivity index is 1.98. The summed E-state index contributed by atoms with van der Waals surface area (Å²) in [6.07, 6.45) is 1.34. The van der Waals surface area contributed by atoms with E-state index < -0.39 is 10.0 Å². The second-order valence-electron chi connectivity index (χ2n) is 5.50. The van der Waals surface area contributed by atoms with Crippen LogP contribution in [0, 0.1) is 0 Å². The van der Waals surface area contributed by atoms with Gasteiger partial charge >= 0.3 is 0 Å². The molecule has 0 saturated carbocycles. The van der Waals surface area contributed by atoms with Crippen molar-refractivity contribution in [3.05, 3.63) is 58.8 Å². The Morgan fingerprint density at radius 2 is 1.84 bits per heavy atom. The van der Waals surface area contributed by atoms with Crippen molar-refractivity contribution in [2.75, 3.05) is 13.1 Å². The first-order valence-electron chi connectivity index (χ1n) is 8.00.